The Morgan fingerprint density at radius 2 is 1.60 bits per heavy atom. The highest BCUT2D eigenvalue weighted by Gasteiger charge is 2.20. The maximum absolute atomic E-state index is 12.6. The molecule has 0 radical (unpaired) electrons. The standard InChI is InChI=1S/C15H10BrClO3/c16-8-12-10(6-3-7-13(12)17)14(18)9-4-1-2-5-11(9)15(19)20/h1-7H,8H2,(H,19,20). The maximum atomic E-state index is 12.6. The summed E-state index contributed by atoms with van der Waals surface area (Å²) in [7, 11) is 0. The van der Waals surface area contributed by atoms with Crippen molar-refractivity contribution in [2.45, 2.75) is 5.33 Å². The zero-order chi connectivity index (χ0) is 14.7. The molecule has 0 unspecified atom stereocenters. The van der Waals surface area contributed by atoms with Crippen molar-refractivity contribution < 1.29 is 14.7 Å². The molecule has 0 aromatic heterocycles. The highest BCUT2D eigenvalue weighted by Crippen LogP contribution is 2.25. The van der Waals surface area contributed by atoms with Gasteiger partial charge in [0, 0.05) is 21.5 Å². The van der Waals surface area contributed by atoms with Gasteiger partial charge in [-0.3, -0.25) is 4.79 Å². The van der Waals surface area contributed by atoms with Gasteiger partial charge < -0.3 is 5.11 Å². The fourth-order valence-corrected chi connectivity index (χ4v) is 2.93. The van der Waals surface area contributed by atoms with Crippen molar-refractivity contribution in [1.82, 2.24) is 0 Å². The molecule has 1 N–H and O–H groups in total. The summed E-state index contributed by atoms with van der Waals surface area (Å²) in [6, 6.07) is 11.1. The van der Waals surface area contributed by atoms with Crippen LogP contribution in [0.2, 0.25) is 5.02 Å². The Morgan fingerprint density at radius 1 is 1.00 bits per heavy atom. The van der Waals surface area contributed by atoms with E-state index in [4.69, 9.17) is 16.7 Å². The van der Waals surface area contributed by atoms with Gasteiger partial charge in [0.2, 0.25) is 0 Å². The molecule has 0 bridgehead atoms. The summed E-state index contributed by atoms with van der Waals surface area (Å²) in [5, 5.41) is 10.0. The number of carboxylic acids is 1. The summed E-state index contributed by atoms with van der Waals surface area (Å²) in [5.74, 6) is -1.48. The smallest absolute Gasteiger partial charge is 0.336 e. The second-order valence-electron chi connectivity index (χ2n) is 4.08. The number of carboxylic acid groups (broad SMARTS) is 1. The lowest BCUT2D eigenvalue weighted by molar-refractivity contribution is 0.0693. The number of halogens is 2. The molecule has 2 aromatic rings. The van der Waals surface area contributed by atoms with Gasteiger partial charge in [-0.15, -0.1) is 0 Å². The third-order valence-electron chi connectivity index (χ3n) is 2.90. The number of carbonyl (C=O) groups is 2. The van der Waals surface area contributed by atoms with Gasteiger partial charge in [-0.25, -0.2) is 4.79 Å². The van der Waals surface area contributed by atoms with Crippen LogP contribution < -0.4 is 0 Å². The lowest BCUT2D eigenvalue weighted by atomic mass is 9.95. The van der Waals surface area contributed by atoms with Crippen molar-refractivity contribution in [1.29, 1.82) is 0 Å². The molecule has 0 saturated carbocycles. The molecule has 2 aromatic carbocycles. The van der Waals surface area contributed by atoms with Crippen molar-refractivity contribution in [2.24, 2.45) is 0 Å². The first kappa shape index (κ1) is 14.8. The van der Waals surface area contributed by atoms with Crippen LogP contribution in [-0.4, -0.2) is 16.9 Å². The van der Waals surface area contributed by atoms with Gasteiger partial charge in [-0.05, 0) is 17.7 Å². The summed E-state index contributed by atoms with van der Waals surface area (Å²) in [6.07, 6.45) is 0. The van der Waals surface area contributed by atoms with Gasteiger partial charge in [0.25, 0.3) is 0 Å². The number of hydrogen-bond donors (Lipinski definition) is 1. The minimum Gasteiger partial charge on any atom is -0.478 e. The predicted octanol–water partition coefficient (Wildman–Crippen LogP) is 4.16. The third kappa shape index (κ3) is 2.76. The molecule has 0 amide bonds. The quantitative estimate of drug-likeness (QED) is 0.663. The van der Waals surface area contributed by atoms with E-state index in [1.54, 1.807) is 30.3 Å². The van der Waals surface area contributed by atoms with Crippen molar-refractivity contribution in [3.8, 4) is 0 Å². The van der Waals surface area contributed by atoms with Crippen LogP contribution >= 0.6 is 27.5 Å². The Hall–Kier alpha value is -1.65. The van der Waals surface area contributed by atoms with Crippen LogP contribution in [0.1, 0.15) is 31.8 Å². The minimum atomic E-state index is -1.13. The Balaban J connectivity index is 2.58. The van der Waals surface area contributed by atoms with Gasteiger partial charge in [0.15, 0.2) is 5.78 Å². The molecule has 0 aliphatic rings. The van der Waals surface area contributed by atoms with Crippen LogP contribution in [0, 0.1) is 0 Å². The zero-order valence-corrected chi connectivity index (χ0v) is 12.6. The molecule has 5 heteroatoms. The van der Waals surface area contributed by atoms with Crippen LogP contribution in [0.25, 0.3) is 0 Å². The fourth-order valence-electron chi connectivity index (χ4n) is 1.92. The van der Waals surface area contributed by atoms with Gasteiger partial charge in [-0.1, -0.05) is 57.9 Å². The van der Waals surface area contributed by atoms with Crippen molar-refractivity contribution in [3.05, 3.63) is 69.7 Å². The first-order chi connectivity index (χ1) is 9.56. The summed E-state index contributed by atoms with van der Waals surface area (Å²) in [5.41, 5.74) is 1.20. The maximum Gasteiger partial charge on any atom is 0.336 e. The number of rotatable bonds is 4. The number of hydrogen-bond acceptors (Lipinski definition) is 2. The van der Waals surface area contributed by atoms with E-state index >= 15 is 0 Å². The predicted molar refractivity (Wildman–Crippen MR) is 80.9 cm³/mol. The molecule has 0 heterocycles. The van der Waals surface area contributed by atoms with Crippen LogP contribution in [-0.2, 0) is 5.33 Å². The van der Waals surface area contributed by atoms with E-state index < -0.39 is 5.97 Å². The van der Waals surface area contributed by atoms with E-state index in [2.05, 4.69) is 15.9 Å². The topological polar surface area (TPSA) is 54.4 Å². The molecule has 20 heavy (non-hydrogen) atoms. The van der Waals surface area contributed by atoms with Crippen molar-refractivity contribution in [3.63, 3.8) is 0 Å². The molecule has 3 nitrogen and oxygen atoms in total. The molecular formula is C15H10BrClO3. The van der Waals surface area contributed by atoms with Crippen LogP contribution in [0.5, 0.6) is 0 Å². The number of ketones is 1. The first-order valence-corrected chi connectivity index (χ1v) is 7.26. The minimum absolute atomic E-state index is 0.0157. The second kappa shape index (κ2) is 6.20. The molecule has 0 saturated heterocycles. The Morgan fingerprint density at radius 3 is 2.20 bits per heavy atom. The monoisotopic (exact) mass is 352 g/mol. The second-order valence-corrected chi connectivity index (χ2v) is 5.05. The molecule has 0 aliphatic carbocycles. The average Bonchev–Trinajstić information content (AvgIpc) is 2.46. The Kier molecular flexibility index (Phi) is 4.57. The van der Waals surface area contributed by atoms with Gasteiger partial charge in [0.05, 0.1) is 5.56 Å². The van der Waals surface area contributed by atoms with Crippen molar-refractivity contribution in [2.75, 3.05) is 0 Å². The molecule has 0 fully saturated rings. The lowest BCUT2D eigenvalue weighted by Crippen LogP contribution is -2.11. The summed E-state index contributed by atoms with van der Waals surface area (Å²) < 4.78 is 0. The molecular weight excluding hydrogens is 344 g/mol. The van der Waals surface area contributed by atoms with Gasteiger partial charge in [0.1, 0.15) is 0 Å². The van der Waals surface area contributed by atoms with E-state index in [1.807, 2.05) is 0 Å². The summed E-state index contributed by atoms with van der Waals surface area (Å²) >= 11 is 9.36. The molecule has 0 atom stereocenters. The molecule has 0 spiro atoms. The van der Waals surface area contributed by atoms with Gasteiger partial charge in [-0.2, -0.15) is 0 Å². The van der Waals surface area contributed by atoms with E-state index in [-0.39, 0.29) is 16.9 Å². The number of alkyl halides is 1. The van der Waals surface area contributed by atoms with Crippen LogP contribution in [0.3, 0.4) is 0 Å². The number of benzene rings is 2. The normalized spacial score (nSPS) is 10.3. The third-order valence-corrected chi connectivity index (χ3v) is 3.81. The van der Waals surface area contributed by atoms with E-state index in [0.29, 0.717) is 21.5 Å². The molecule has 102 valence electrons. The first-order valence-electron chi connectivity index (χ1n) is 5.76. The SMILES string of the molecule is O=C(O)c1ccccc1C(=O)c1cccc(Cl)c1CBr. The molecule has 2 rings (SSSR count). The highest BCUT2D eigenvalue weighted by atomic mass is 79.9. The molecule has 0 aliphatic heterocycles. The van der Waals surface area contributed by atoms with Crippen LogP contribution in [0.15, 0.2) is 42.5 Å². The van der Waals surface area contributed by atoms with E-state index in [9.17, 15) is 9.59 Å². The van der Waals surface area contributed by atoms with Crippen LogP contribution in [0.4, 0.5) is 0 Å². The average molecular weight is 354 g/mol. The van der Waals surface area contributed by atoms with Crippen molar-refractivity contribution >= 4 is 39.3 Å². The lowest BCUT2D eigenvalue weighted by Gasteiger charge is -2.10. The van der Waals surface area contributed by atoms with E-state index in [0.717, 1.165) is 0 Å². The van der Waals surface area contributed by atoms with E-state index in [1.165, 1.54) is 12.1 Å². The number of aromatic carboxylic acids is 1. The summed E-state index contributed by atoms with van der Waals surface area (Å²) in [4.78, 5) is 23.8. The van der Waals surface area contributed by atoms with Gasteiger partial charge >= 0.3 is 5.97 Å². The summed E-state index contributed by atoms with van der Waals surface area (Å²) in [6.45, 7) is 0. The highest BCUT2D eigenvalue weighted by molar-refractivity contribution is 9.08. The largest absolute Gasteiger partial charge is 0.478 e. The number of carbonyl (C=O) groups excluding carboxylic acids is 1. The Bertz CT molecular complexity index is 683. The zero-order valence-electron chi connectivity index (χ0n) is 10.3. The fraction of sp³-hybridized carbons (Fsp3) is 0.0667. The Labute approximate surface area is 129 Å².